The van der Waals surface area contributed by atoms with Gasteiger partial charge in [-0.05, 0) is 58.9 Å². The van der Waals surface area contributed by atoms with Crippen molar-refractivity contribution in [3.8, 4) is 5.75 Å². The van der Waals surface area contributed by atoms with E-state index in [0.29, 0.717) is 30.4 Å². The molecule has 0 fully saturated rings. The molecule has 0 amide bonds. The Morgan fingerprint density at radius 3 is 2.45 bits per heavy atom. The van der Waals surface area contributed by atoms with E-state index in [0.717, 1.165) is 27.7 Å². The maximum Gasteiger partial charge on any atom is 0.166 e. The molecule has 0 aliphatic heterocycles. The van der Waals surface area contributed by atoms with Gasteiger partial charge in [-0.1, -0.05) is 36.9 Å². The zero-order chi connectivity index (χ0) is 24.2. The second-order valence-corrected chi connectivity index (χ2v) is 9.13. The van der Waals surface area contributed by atoms with Gasteiger partial charge in [-0.25, -0.2) is 9.97 Å². The summed E-state index contributed by atoms with van der Waals surface area (Å²) in [6.07, 6.45) is 6.19. The SMILES string of the molecule is C=Cc1cc(OC(C)(C)CCOC(C)(C)c2cc3ccccc3nc2N)c(N)nc1/C=C\C. The third kappa shape index (κ3) is 5.71. The Bertz CT molecular complexity index is 1180. The van der Waals surface area contributed by atoms with E-state index in [1.807, 2.05) is 77.1 Å². The van der Waals surface area contributed by atoms with E-state index >= 15 is 0 Å². The average Bonchev–Trinajstić information content (AvgIpc) is 2.74. The fourth-order valence-corrected chi connectivity index (χ4v) is 3.67. The Morgan fingerprint density at radius 1 is 1.03 bits per heavy atom. The summed E-state index contributed by atoms with van der Waals surface area (Å²) in [6, 6.07) is 11.8. The highest BCUT2D eigenvalue weighted by Gasteiger charge is 2.28. The number of nitrogens with zero attached hydrogens (tertiary/aromatic N) is 2. The van der Waals surface area contributed by atoms with Gasteiger partial charge in [-0.3, -0.25) is 0 Å². The molecule has 2 aromatic heterocycles. The highest BCUT2D eigenvalue weighted by atomic mass is 16.5. The third-order valence-electron chi connectivity index (χ3n) is 5.58. The Morgan fingerprint density at radius 2 is 1.76 bits per heavy atom. The topological polar surface area (TPSA) is 96.3 Å². The minimum absolute atomic E-state index is 0.345. The fourth-order valence-electron chi connectivity index (χ4n) is 3.67. The maximum absolute atomic E-state index is 6.27. The van der Waals surface area contributed by atoms with Crippen molar-refractivity contribution in [3.63, 3.8) is 0 Å². The number of anilines is 2. The molecule has 33 heavy (non-hydrogen) atoms. The lowest BCUT2D eigenvalue weighted by Gasteiger charge is -2.31. The van der Waals surface area contributed by atoms with Crippen molar-refractivity contribution in [1.82, 2.24) is 9.97 Å². The lowest BCUT2D eigenvalue weighted by atomic mass is 9.96. The van der Waals surface area contributed by atoms with Crippen LogP contribution in [0.1, 0.15) is 57.9 Å². The van der Waals surface area contributed by atoms with Gasteiger partial charge in [0.1, 0.15) is 11.4 Å². The lowest BCUT2D eigenvalue weighted by Crippen LogP contribution is -2.33. The molecule has 6 nitrogen and oxygen atoms in total. The molecule has 0 radical (unpaired) electrons. The molecule has 0 bridgehead atoms. The van der Waals surface area contributed by atoms with Crippen LogP contribution in [0.25, 0.3) is 23.1 Å². The first-order chi connectivity index (χ1) is 15.6. The molecule has 174 valence electrons. The lowest BCUT2D eigenvalue weighted by molar-refractivity contribution is -0.0438. The predicted molar refractivity (Wildman–Crippen MR) is 138 cm³/mol. The number of nitrogens with two attached hydrogens (primary N) is 2. The predicted octanol–water partition coefficient (Wildman–Crippen LogP) is 5.97. The van der Waals surface area contributed by atoms with Crippen LogP contribution >= 0.6 is 0 Å². The Kier molecular flexibility index (Phi) is 7.08. The molecule has 3 aromatic rings. The van der Waals surface area contributed by atoms with Gasteiger partial charge in [-0.15, -0.1) is 0 Å². The molecule has 3 rings (SSSR count). The van der Waals surface area contributed by atoms with Crippen molar-refractivity contribution in [3.05, 3.63) is 65.9 Å². The van der Waals surface area contributed by atoms with Crippen LogP contribution in [0.3, 0.4) is 0 Å². The summed E-state index contributed by atoms with van der Waals surface area (Å²) >= 11 is 0. The molecule has 0 spiro atoms. The Hall–Kier alpha value is -3.38. The minimum atomic E-state index is -0.609. The van der Waals surface area contributed by atoms with Gasteiger partial charge in [0.25, 0.3) is 0 Å². The van der Waals surface area contributed by atoms with Gasteiger partial charge in [-0.2, -0.15) is 0 Å². The number of aromatic nitrogens is 2. The molecule has 4 N–H and O–H groups in total. The number of ether oxygens (including phenoxy) is 2. The quantitative estimate of drug-likeness (QED) is 0.420. The normalized spacial score (nSPS) is 12.4. The number of allylic oxidation sites excluding steroid dienone is 1. The van der Waals surface area contributed by atoms with Gasteiger partial charge >= 0.3 is 0 Å². The Balaban J connectivity index is 1.70. The second-order valence-electron chi connectivity index (χ2n) is 9.13. The van der Waals surface area contributed by atoms with E-state index in [9.17, 15) is 0 Å². The number of rotatable bonds is 9. The first kappa shape index (κ1) is 24.3. The van der Waals surface area contributed by atoms with Gasteiger partial charge in [0, 0.05) is 22.9 Å². The highest BCUT2D eigenvalue weighted by Crippen LogP contribution is 2.33. The standard InChI is InChI=1S/C27H34N4O2/c1-7-11-21-18(8-2)17-23(25(29)31-21)33-26(3,4)14-15-32-27(5,6)20-16-19-12-9-10-13-22(19)30-24(20)28/h7-13,16-17H,2,14-15H2,1,3-6H3,(H2,28,30)(H2,29,31)/b11-7-. The largest absolute Gasteiger partial charge is 0.484 e. The molecule has 1 aromatic carbocycles. The summed E-state index contributed by atoms with van der Waals surface area (Å²) in [5, 5.41) is 1.03. The van der Waals surface area contributed by atoms with E-state index in [-0.39, 0.29) is 0 Å². The van der Waals surface area contributed by atoms with Crippen LogP contribution in [0.2, 0.25) is 0 Å². The number of benzene rings is 1. The van der Waals surface area contributed by atoms with Gasteiger partial charge in [0.2, 0.25) is 0 Å². The van der Waals surface area contributed by atoms with Crippen LogP contribution in [0, 0.1) is 0 Å². The van der Waals surface area contributed by atoms with E-state index in [1.165, 1.54) is 0 Å². The molecular weight excluding hydrogens is 412 g/mol. The first-order valence-electron chi connectivity index (χ1n) is 11.1. The highest BCUT2D eigenvalue weighted by molar-refractivity contribution is 5.81. The van der Waals surface area contributed by atoms with E-state index < -0.39 is 11.2 Å². The molecule has 0 aliphatic rings. The summed E-state index contributed by atoms with van der Waals surface area (Å²) in [5.74, 6) is 1.36. The number of hydrogen-bond donors (Lipinski definition) is 2. The molecule has 0 atom stereocenters. The number of hydrogen-bond acceptors (Lipinski definition) is 6. The maximum atomic E-state index is 6.27. The van der Waals surface area contributed by atoms with Gasteiger partial charge in [0.05, 0.1) is 23.4 Å². The van der Waals surface area contributed by atoms with Crippen LogP contribution in [0.15, 0.2) is 49.1 Å². The van der Waals surface area contributed by atoms with Gasteiger partial charge < -0.3 is 20.9 Å². The zero-order valence-electron chi connectivity index (χ0n) is 20.2. The fraction of sp³-hybridized carbons (Fsp3) is 0.333. The molecule has 2 heterocycles. The monoisotopic (exact) mass is 446 g/mol. The summed E-state index contributed by atoms with van der Waals surface area (Å²) in [5.41, 5.74) is 14.7. The van der Waals surface area contributed by atoms with Crippen molar-refractivity contribution in [1.29, 1.82) is 0 Å². The molecule has 6 heteroatoms. The zero-order valence-corrected chi connectivity index (χ0v) is 20.2. The molecule has 0 unspecified atom stereocenters. The van der Waals surface area contributed by atoms with Crippen LogP contribution in [0.5, 0.6) is 5.75 Å². The van der Waals surface area contributed by atoms with Crippen LogP contribution in [-0.4, -0.2) is 22.2 Å². The minimum Gasteiger partial charge on any atom is -0.484 e. The van der Waals surface area contributed by atoms with Crippen LogP contribution in [0.4, 0.5) is 11.6 Å². The van der Waals surface area contributed by atoms with Crippen molar-refractivity contribution >= 4 is 34.7 Å². The second kappa shape index (κ2) is 9.63. The smallest absolute Gasteiger partial charge is 0.166 e. The summed E-state index contributed by atoms with van der Waals surface area (Å²) in [6.45, 7) is 14.3. The van der Waals surface area contributed by atoms with E-state index in [4.69, 9.17) is 20.9 Å². The molecule has 0 aliphatic carbocycles. The molecule has 0 saturated carbocycles. The summed E-state index contributed by atoms with van der Waals surface area (Å²) in [4.78, 5) is 8.99. The number of pyridine rings is 2. The van der Waals surface area contributed by atoms with Crippen molar-refractivity contribution in [2.24, 2.45) is 0 Å². The third-order valence-corrected chi connectivity index (χ3v) is 5.58. The van der Waals surface area contributed by atoms with Crippen molar-refractivity contribution in [2.75, 3.05) is 18.1 Å². The van der Waals surface area contributed by atoms with Crippen molar-refractivity contribution < 1.29 is 9.47 Å². The summed E-state index contributed by atoms with van der Waals surface area (Å²) in [7, 11) is 0. The first-order valence-corrected chi connectivity index (χ1v) is 11.1. The van der Waals surface area contributed by atoms with Gasteiger partial charge in [0.15, 0.2) is 11.6 Å². The van der Waals surface area contributed by atoms with Crippen molar-refractivity contribution in [2.45, 2.75) is 52.2 Å². The molecule has 0 saturated heterocycles. The number of nitrogen functional groups attached to an aromatic ring is 2. The molecular formula is C27H34N4O2. The van der Waals surface area contributed by atoms with E-state index in [2.05, 4.69) is 22.6 Å². The number of para-hydroxylation sites is 1. The summed E-state index contributed by atoms with van der Waals surface area (Å²) < 4.78 is 12.5. The average molecular weight is 447 g/mol. The van der Waals surface area contributed by atoms with E-state index in [1.54, 1.807) is 6.08 Å². The Labute approximate surface area is 196 Å². The van der Waals surface area contributed by atoms with Crippen LogP contribution in [-0.2, 0) is 10.3 Å². The van der Waals surface area contributed by atoms with Crippen LogP contribution < -0.4 is 16.2 Å². The number of fused-ring (bicyclic) bond motifs is 1.